The maximum atomic E-state index is 12.5. The molecule has 1 aromatic heterocycles. The van der Waals surface area contributed by atoms with Crippen LogP contribution in [0, 0.1) is 5.92 Å². The van der Waals surface area contributed by atoms with Gasteiger partial charge in [0.1, 0.15) is 0 Å². The molecule has 1 aromatic rings. The minimum atomic E-state index is -3.41. The number of ether oxygens (including phenoxy) is 1. The molecule has 0 aromatic carbocycles. The lowest BCUT2D eigenvalue weighted by molar-refractivity contribution is 0.194. The number of rotatable bonds is 7. The smallest absolute Gasteiger partial charge is 0.260 e. The Kier molecular flexibility index (Phi) is 5.74. The van der Waals surface area contributed by atoms with Crippen molar-refractivity contribution in [3.05, 3.63) is 12.3 Å². The standard InChI is InChI=1S/C13H24N4O3S/c1-16-13(3-6-15-16)21(18,19)17-8-4-12(5-9-17)11-14-7-10-20-2/h3,6,12,14H,4-5,7-11H2,1-2H3. The van der Waals surface area contributed by atoms with Crippen LogP contribution < -0.4 is 5.32 Å². The molecule has 21 heavy (non-hydrogen) atoms. The monoisotopic (exact) mass is 316 g/mol. The number of methoxy groups -OCH3 is 1. The summed E-state index contributed by atoms with van der Waals surface area (Å²) in [6.45, 7) is 3.61. The molecule has 0 saturated carbocycles. The Bertz CT molecular complexity index is 535. The third-order valence-corrected chi connectivity index (χ3v) is 5.84. The van der Waals surface area contributed by atoms with Crippen molar-refractivity contribution in [3.8, 4) is 0 Å². The van der Waals surface area contributed by atoms with E-state index < -0.39 is 10.0 Å². The summed E-state index contributed by atoms with van der Waals surface area (Å²) < 4.78 is 33.0. The fourth-order valence-electron chi connectivity index (χ4n) is 2.58. The second kappa shape index (κ2) is 7.35. The van der Waals surface area contributed by atoms with Crippen LogP contribution in [0.5, 0.6) is 0 Å². The lowest BCUT2D eigenvalue weighted by atomic mass is 9.98. The number of aryl methyl sites for hydroxylation is 1. The van der Waals surface area contributed by atoms with E-state index >= 15 is 0 Å². The number of sulfonamides is 1. The van der Waals surface area contributed by atoms with Crippen LogP contribution in [0.25, 0.3) is 0 Å². The van der Waals surface area contributed by atoms with E-state index in [9.17, 15) is 8.42 Å². The molecule has 1 aliphatic heterocycles. The predicted octanol–water partition coefficient (Wildman–Crippen LogP) is 0.0568. The van der Waals surface area contributed by atoms with Gasteiger partial charge < -0.3 is 10.1 Å². The molecule has 0 unspecified atom stereocenters. The molecule has 1 saturated heterocycles. The van der Waals surface area contributed by atoms with Gasteiger partial charge >= 0.3 is 0 Å². The Balaban J connectivity index is 1.85. The molecule has 120 valence electrons. The third-order valence-electron chi connectivity index (χ3n) is 3.87. The van der Waals surface area contributed by atoms with Crippen LogP contribution in [0.1, 0.15) is 12.8 Å². The van der Waals surface area contributed by atoms with Gasteiger partial charge in [-0.15, -0.1) is 0 Å². The average molecular weight is 316 g/mol. The van der Waals surface area contributed by atoms with E-state index in [1.807, 2.05) is 0 Å². The van der Waals surface area contributed by atoms with Gasteiger partial charge in [0.15, 0.2) is 5.03 Å². The fourth-order valence-corrected chi connectivity index (χ4v) is 4.15. The first-order valence-electron chi connectivity index (χ1n) is 7.23. The van der Waals surface area contributed by atoms with Gasteiger partial charge in [0.05, 0.1) is 12.8 Å². The molecule has 0 bridgehead atoms. The van der Waals surface area contributed by atoms with Crippen LogP contribution >= 0.6 is 0 Å². The molecule has 1 N–H and O–H groups in total. The summed E-state index contributed by atoms with van der Waals surface area (Å²) >= 11 is 0. The lowest BCUT2D eigenvalue weighted by Crippen LogP contribution is -2.41. The molecular weight excluding hydrogens is 292 g/mol. The van der Waals surface area contributed by atoms with Crippen molar-refractivity contribution in [2.45, 2.75) is 17.9 Å². The van der Waals surface area contributed by atoms with Crippen LogP contribution in [0.4, 0.5) is 0 Å². The molecule has 0 amide bonds. The Morgan fingerprint density at radius 2 is 2.14 bits per heavy atom. The van der Waals surface area contributed by atoms with E-state index in [0.29, 0.717) is 25.6 Å². The van der Waals surface area contributed by atoms with Gasteiger partial charge in [0, 0.05) is 33.8 Å². The third kappa shape index (κ3) is 4.03. The van der Waals surface area contributed by atoms with Crippen molar-refractivity contribution in [1.82, 2.24) is 19.4 Å². The van der Waals surface area contributed by atoms with Crippen LogP contribution in [0.3, 0.4) is 0 Å². The Morgan fingerprint density at radius 3 is 2.71 bits per heavy atom. The zero-order valence-electron chi connectivity index (χ0n) is 12.7. The molecule has 0 aliphatic carbocycles. The fraction of sp³-hybridized carbons (Fsp3) is 0.769. The molecule has 2 rings (SSSR count). The highest BCUT2D eigenvalue weighted by Crippen LogP contribution is 2.22. The molecule has 0 spiro atoms. The van der Waals surface area contributed by atoms with Crippen molar-refractivity contribution >= 4 is 10.0 Å². The summed E-state index contributed by atoms with van der Waals surface area (Å²) in [5, 5.41) is 7.54. The first-order chi connectivity index (χ1) is 10.1. The number of nitrogens with zero attached hydrogens (tertiary/aromatic N) is 3. The number of piperidine rings is 1. The Morgan fingerprint density at radius 1 is 1.43 bits per heavy atom. The molecule has 1 fully saturated rings. The number of hydrogen-bond acceptors (Lipinski definition) is 5. The zero-order valence-corrected chi connectivity index (χ0v) is 13.5. The van der Waals surface area contributed by atoms with E-state index in [0.717, 1.165) is 25.9 Å². The summed E-state index contributed by atoms with van der Waals surface area (Å²) in [6, 6.07) is 1.55. The summed E-state index contributed by atoms with van der Waals surface area (Å²) in [5.41, 5.74) is 0. The van der Waals surface area contributed by atoms with Crippen molar-refractivity contribution in [1.29, 1.82) is 0 Å². The summed E-state index contributed by atoms with van der Waals surface area (Å²) in [6.07, 6.45) is 3.29. The minimum Gasteiger partial charge on any atom is -0.383 e. The van der Waals surface area contributed by atoms with E-state index in [1.54, 1.807) is 24.5 Å². The first-order valence-corrected chi connectivity index (χ1v) is 8.67. The van der Waals surface area contributed by atoms with Gasteiger partial charge in [-0.1, -0.05) is 0 Å². The van der Waals surface area contributed by atoms with Crippen LogP contribution in [0.2, 0.25) is 0 Å². The predicted molar refractivity (Wildman–Crippen MR) is 79.4 cm³/mol. The quantitative estimate of drug-likeness (QED) is 0.720. The van der Waals surface area contributed by atoms with Crippen molar-refractivity contribution in [2.75, 3.05) is 39.9 Å². The largest absolute Gasteiger partial charge is 0.383 e. The summed E-state index contributed by atoms with van der Waals surface area (Å²) in [5.74, 6) is 0.528. The average Bonchev–Trinajstić information content (AvgIpc) is 2.91. The van der Waals surface area contributed by atoms with E-state index in [4.69, 9.17) is 4.74 Å². The maximum absolute atomic E-state index is 12.5. The molecule has 0 atom stereocenters. The second-order valence-corrected chi connectivity index (χ2v) is 7.22. The Hall–Kier alpha value is -0.960. The van der Waals surface area contributed by atoms with Gasteiger partial charge in [-0.2, -0.15) is 9.40 Å². The summed E-state index contributed by atoms with van der Waals surface area (Å²) in [4.78, 5) is 0. The number of nitrogens with one attached hydrogen (secondary N) is 1. The van der Waals surface area contributed by atoms with Gasteiger partial charge in [-0.05, 0) is 31.4 Å². The summed E-state index contributed by atoms with van der Waals surface area (Å²) in [7, 11) is -0.0724. The SMILES string of the molecule is COCCNCC1CCN(S(=O)(=O)c2ccnn2C)CC1. The van der Waals surface area contributed by atoms with Crippen LogP contribution in [-0.2, 0) is 21.8 Å². The highest BCUT2D eigenvalue weighted by atomic mass is 32.2. The van der Waals surface area contributed by atoms with Crippen molar-refractivity contribution < 1.29 is 13.2 Å². The van der Waals surface area contributed by atoms with Crippen LogP contribution in [0.15, 0.2) is 17.3 Å². The molecule has 1 aliphatic rings. The molecule has 7 nitrogen and oxygen atoms in total. The minimum absolute atomic E-state index is 0.263. The number of aromatic nitrogens is 2. The van der Waals surface area contributed by atoms with E-state index in [-0.39, 0.29) is 5.03 Å². The molecule has 2 heterocycles. The maximum Gasteiger partial charge on any atom is 0.260 e. The highest BCUT2D eigenvalue weighted by Gasteiger charge is 2.30. The normalized spacial score (nSPS) is 18.2. The molecule has 0 radical (unpaired) electrons. The second-order valence-electron chi connectivity index (χ2n) is 5.34. The van der Waals surface area contributed by atoms with Crippen molar-refractivity contribution in [3.63, 3.8) is 0 Å². The van der Waals surface area contributed by atoms with Crippen LogP contribution in [-0.4, -0.2) is 62.4 Å². The highest BCUT2D eigenvalue weighted by molar-refractivity contribution is 7.89. The zero-order chi connectivity index (χ0) is 15.3. The molecule has 8 heteroatoms. The van der Waals surface area contributed by atoms with Gasteiger partial charge in [0.2, 0.25) is 0 Å². The topological polar surface area (TPSA) is 76.5 Å². The Labute approximate surface area is 126 Å². The van der Waals surface area contributed by atoms with E-state index in [1.165, 1.54) is 10.9 Å². The van der Waals surface area contributed by atoms with Gasteiger partial charge in [-0.3, -0.25) is 4.68 Å². The first kappa shape index (κ1) is 16.4. The van der Waals surface area contributed by atoms with Gasteiger partial charge in [0.25, 0.3) is 10.0 Å². The van der Waals surface area contributed by atoms with Crippen molar-refractivity contribution in [2.24, 2.45) is 13.0 Å². The molecular formula is C13H24N4O3S. The van der Waals surface area contributed by atoms with E-state index in [2.05, 4.69) is 10.4 Å². The lowest BCUT2D eigenvalue weighted by Gasteiger charge is -2.31. The number of hydrogen-bond donors (Lipinski definition) is 1. The van der Waals surface area contributed by atoms with Gasteiger partial charge in [-0.25, -0.2) is 8.42 Å².